The van der Waals surface area contributed by atoms with Crippen LogP contribution in [0.2, 0.25) is 0 Å². The van der Waals surface area contributed by atoms with E-state index in [4.69, 9.17) is 9.47 Å². The van der Waals surface area contributed by atoms with Gasteiger partial charge in [0.2, 0.25) is 5.91 Å². The molecule has 6 heteroatoms. The van der Waals surface area contributed by atoms with Crippen LogP contribution in [0.4, 0.5) is 0 Å². The Labute approximate surface area is 156 Å². The fourth-order valence-corrected chi connectivity index (χ4v) is 2.88. The van der Waals surface area contributed by atoms with Crippen LogP contribution in [0.5, 0.6) is 11.5 Å². The van der Waals surface area contributed by atoms with Gasteiger partial charge in [-0.3, -0.25) is 4.79 Å². The summed E-state index contributed by atoms with van der Waals surface area (Å²) in [5, 5.41) is 2.94. The summed E-state index contributed by atoms with van der Waals surface area (Å²) in [5.74, 6) is 1.30. The molecule has 1 amide bonds. The SMILES string of the molecule is CCOc1cc(/C=C/C(=O)NCCCN2CCN(C)CC2)ccc1OC. The number of ether oxygens (including phenoxy) is 2. The van der Waals surface area contributed by atoms with Crippen molar-refractivity contribution in [3.8, 4) is 11.5 Å². The van der Waals surface area contributed by atoms with E-state index in [2.05, 4.69) is 22.2 Å². The third kappa shape index (κ3) is 6.69. The maximum absolute atomic E-state index is 12.0. The maximum atomic E-state index is 12.0. The van der Waals surface area contributed by atoms with E-state index in [1.165, 1.54) is 0 Å². The lowest BCUT2D eigenvalue weighted by molar-refractivity contribution is -0.116. The van der Waals surface area contributed by atoms with Gasteiger partial charge in [0, 0.05) is 38.8 Å². The topological polar surface area (TPSA) is 54.0 Å². The quantitative estimate of drug-likeness (QED) is 0.537. The summed E-state index contributed by atoms with van der Waals surface area (Å²) < 4.78 is 10.8. The molecule has 1 heterocycles. The third-order valence-corrected chi connectivity index (χ3v) is 4.46. The molecule has 1 saturated heterocycles. The second kappa shape index (κ2) is 10.8. The van der Waals surface area contributed by atoms with Gasteiger partial charge in [-0.15, -0.1) is 0 Å². The van der Waals surface area contributed by atoms with Gasteiger partial charge in [-0.05, 0) is 50.7 Å². The van der Waals surface area contributed by atoms with Crippen molar-refractivity contribution in [3.63, 3.8) is 0 Å². The van der Waals surface area contributed by atoms with Gasteiger partial charge in [-0.1, -0.05) is 6.07 Å². The van der Waals surface area contributed by atoms with Gasteiger partial charge in [-0.25, -0.2) is 0 Å². The Balaban J connectivity index is 1.72. The van der Waals surface area contributed by atoms with Crippen molar-refractivity contribution in [1.82, 2.24) is 15.1 Å². The number of benzene rings is 1. The summed E-state index contributed by atoms with van der Waals surface area (Å²) >= 11 is 0. The summed E-state index contributed by atoms with van der Waals surface area (Å²) in [5.41, 5.74) is 0.904. The van der Waals surface area contributed by atoms with Crippen LogP contribution >= 0.6 is 0 Å². The second-order valence-corrected chi connectivity index (χ2v) is 6.47. The summed E-state index contributed by atoms with van der Waals surface area (Å²) in [7, 11) is 3.77. The molecule has 2 rings (SSSR count). The molecule has 0 bridgehead atoms. The highest BCUT2D eigenvalue weighted by atomic mass is 16.5. The molecule has 0 aliphatic carbocycles. The first-order valence-electron chi connectivity index (χ1n) is 9.30. The molecule has 1 N–H and O–H groups in total. The number of nitrogens with zero attached hydrogens (tertiary/aromatic N) is 2. The number of piperazine rings is 1. The van der Waals surface area contributed by atoms with Gasteiger partial charge in [0.05, 0.1) is 13.7 Å². The van der Waals surface area contributed by atoms with Crippen LogP contribution in [0.3, 0.4) is 0 Å². The summed E-state index contributed by atoms with van der Waals surface area (Å²) in [6, 6.07) is 5.62. The van der Waals surface area contributed by atoms with E-state index >= 15 is 0 Å². The zero-order chi connectivity index (χ0) is 18.8. The first-order chi connectivity index (χ1) is 12.6. The Morgan fingerprint density at radius 2 is 2.00 bits per heavy atom. The fraction of sp³-hybridized carbons (Fsp3) is 0.550. The Hall–Kier alpha value is -2.05. The first kappa shape index (κ1) is 20.3. The highest BCUT2D eigenvalue weighted by Crippen LogP contribution is 2.28. The van der Waals surface area contributed by atoms with Crippen LogP contribution in [0, 0.1) is 0 Å². The maximum Gasteiger partial charge on any atom is 0.243 e. The first-order valence-corrected chi connectivity index (χ1v) is 9.30. The molecule has 0 radical (unpaired) electrons. The van der Waals surface area contributed by atoms with Gasteiger partial charge < -0.3 is 24.6 Å². The van der Waals surface area contributed by atoms with E-state index < -0.39 is 0 Å². The number of likely N-dealkylation sites (N-methyl/N-ethyl adjacent to an activating group) is 1. The minimum Gasteiger partial charge on any atom is -0.493 e. The van der Waals surface area contributed by atoms with Crippen LogP contribution < -0.4 is 14.8 Å². The zero-order valence-corrected chi connectivity index (χ0v) is 16.2. The number of hydrogen-bond acceptors (Lipinski definition) is 5. The smallest absolute Gasteiger partial charge is 0.243 e. The van der Waals surface area contributed by atoms with E-state index in [-0.39, 0.29) is 5.91 Å². The number of carbonyl (C=O) groups is 1. The highest BCUT2D eigenvalue weighted by molar-refractivity contribution is 5.91. The molecule has 0 spiro atoms. The van der Waals surface area contributed by atoms with Crippen molar-refractivity contribution in [1.29, 1.82) is 0 Å². The number of rotatable bonds is 9. The molecule has 0 aromatic heterocycles. The standard InChI is InChI=1S/C20H31N3O3/c1-4-26-19-16-17(6-8-18(19)25-3)7-9-20(24)21-10-5-11-23-14-12-22(2)13-15-23/h6-9,16H,4-5,10-15H2,1-3H3,(H,21,24)/b9-7+. The molecule has 0 saturated carbocycles. The zero-order valence-electron chi connectivity index (χ0n) is 16.2. The van der Waals surface area contributed by atoms with Crippen molar-refractivity contribution in [3.05, 3.63) is 29.8 Å². The molecule has 1 aliphatic rings. The third-order valence-electron chi connectivity index (χ3n) is 4.46. The molecule has 0 unspecified atom stereocenters. The average Bonchev–Trinajstić information content (AvgIpc) is 2.65. The van der Waals surface area contributed by atoms with Crippen LogP contribution in [-0.2, 0) is 4.79 Å². The van der Waals surface area contributed by atoms with Crippen molar-refractivity contribution >= 4 is 12.0 Å². The van der Waals surface area contributed by atoms with Gasteiger partial charge in [0.1, 0.15) is 0 Å². The molecule has 6 nitrogen and oxygen atoms in total. The Bertz CT molecular complexity index is 596. The summed E-state index contributed by atoms with van der Waals surface area (Å²) in [4.78, 5) is 16.8. The van der Waals surface area contributed by atoms with Crippen LogP contribution in [-0.4, -0.2) is 75.7 Å². The number of methoxy groups -OCH3 is 1. The normalized spacial score (nSPS) is 16.0. The largest absolute Gasteiger partial charge is 0.493 e. The van der Waals surface area contributed by atoms with Crippen LogP contribution in [0.1, 0.15) is 18.9 Å². The minimum absolute atomic E-state index is 0.0721. The molecule has 1 aromatic rings. The van der Waals surface area contributed by atoms with Crippen LogP contribution in [0.15, 0.2) is 24.3 Å². The van der Waals surface area contributed by atoms with E-state index in [1.54, 1.807) is 19.3 Å². The minimum atomic E-state index is -0.0721. The average molecular weight is 361 g/mol. The van der Waals surface area contributed by atoms with E-state index in [0.717, 1.165) is 44.7 Å². The fourth-order valence-electron chi connectivity index (χ4n) is 2.88. The van der Waals surface area contributed by atoms with Crippen molar-refractivity contribution in [2.45, 2.75) is 13.3 Å². The number of carbonyl (C=O) groups excluding carboxylic acids is 1. The van der Waals surface area contributed by atoms with Crippen molar-refractivity contribution in [2.24, 2.45) is 0 Å². The molecule has 1 aromatic carbocycles. The predicted molar refractivity (Wildman–Crippen MR) is 105 cm³/mol. The lowest BCUT2D eigenvalue weighted by Gasteiger charge is -2.32. The van der Waals surface area contributed by atoms with E-state index in [1.807, 2.05) is 25.1 Å². The van der Waals surface area contributed by atoms with Crippen molar-refractivity contribution in [2.75, 3.05) is 60.0 Å². The Kier molecular flexibility index (Phi) is 8.44. The number of amides is 1. The highest BCUT2D eigenvalue weighted by Gasteiger charge is 2.12. The molecule has 0 atom stereocenters. The molecular weight excluding hydrogens is 330 g/mol. The van der Waals surface area contributed by atoms with E-state index in [0.29, 0.717) is 24.7 Å². The van der Waals surface area contributed by atoms with Crippen molar-refractivity contribution < 1.29 is 14.3 Å². The van der Waals surface area contributed by atoms with Gasteiger partial charge in [0.25, 0.3) is 0 Å². The monoisotopic (exact) mass is 361 g/mol. The molecule has 26 heavy (non-hydrogen) atoms. The van der Waals surface area contributed by atoms with Gasteiger partial charge >= 0.3 is 0 Å². The number of nitrogens with one attached hydrogen (secondary N) is 1. The summed E-state index contributed by atoms with van der Waals surface area (Å²) in [6.45, 7) is 8.71. The van der Waals surface area contributed by atoms with Crippen LogP contribution in [0.25, 0.3) is 6.08 Å². The molecule has 1 aliphatic heterocycles. The molecule has 1 fully saturated rings. The number of hydrogen-bond donors (Lipinski definition) is 1. The van der Waals surface area contributed by atoms with Gasteiger partial charge in [-0.2, -0.15) is 0 Å². The second-order valence-electron chi connectivity index (χ2n) is 6.47. The predicted octanol–water partition coefficient (Wildman–Crippen LogP) is 1.86. The lowest BCUT2D eigenvalue weighted by Crippen LogP contribution is -2.45. The molecule has 144 valence electrons. The van der Waals surface area contributed by atoms with Gasteiger partial charge in [0.15, 0.2) is 11.5 Å². The lowest BCUT2D eigenvalue weighted by atomic mass is 10.2. The Morgan fingerprint density at radius 1 is 1.23 bits per heavy atom. The van der Waals surface area contributed by atoms with E-state index in [9.17, 15) is 4.79 Å². The molecular formula is C20H31N3O3. The Morgan fingerprint density at radius 3 is 2.69 bits per heavy atom. The summed E-state index contributed by atoms with van der Waals surface area (Å²) in [6.07, 6.45) is 4.32.